The Labute approximate surface area is 220 Å². The van der Waals surface area contributed by atoms with E-state index in [9.17, 15) is 24.5 Å². The molecule has 0 atom stereocenters. The van der Waals surface area contributed by atoms with Crippen molar-refractivity contribution in [2.75, 3.05) is 12.0 Å². The number of carbonyl (C=O) groups excluding carboxylic acids is 3. The maximum Gasteiger partial charge on any atom is 0.335 e. The summed E-state index contributed by atoms with van der Waals surface area (Å²) in [6.45, 7) is 0.157. The van der Waals surface area contributed by atoms with Crippen LogP contribution >= 0.6 is 23.2 Å². The summed E-state index contributed by atoms with van der Waals surface area (Å²) in [6.07, 6.45) is 1.25. The number of nitrogens with zero attached hydrogens (tertiary/aromatic N) is 2. The molecule has 0 aliphatic carbocycles. The van der Waals surface area contributed by atoms with Gasteiger partial charge in [0.2, 0.25) is 0 Å². The van der Waals surface area contributed by atoms with Gasteiger partial charge >= 0.3 is 6.03 Å². The number of benzene rings is 3. The van der Waals surface area contributed by atoms with Gasteiger partial charge in [0, 0.05) is 17.2 Å². The van der Waals surface area contributed by atoms with E-state index in [1.165, 1.54) is 37.5 Å². The fourth-order valence-corrected chi connectivity index (χ4v) is 4.01. The summed E-state index contributed by atoms with van der Waals surface area (Å²) < 4.78 is 11.2. The summed E-state index contributed by atoms with van der Waals surface area (Å²) >= 11 is 12.4. The Morgan fingerprint density at radius 3 is 2.43 bits per heavy atom. The third-order valence-corrected chi connectivity index (χ3v) is 5.77. The van der Waals surface area contributed by atoms with Crippen LogP contribution in [0.2, 0.25) is 10.0 Å². The molecule has 0 aromatic heterocycles. The Kier molecular flexibility index (Phi) is 7.42. The van der Waals surface area contributed by atoms with Crippen molar-refractivity contribution in [1.29, 1.82) is 0 Å². The number of hydrogen-bond acceptors (Lipinski definition) is 7. The molecule has 0 spiro atoms. The highest BCUT2D eigenvalue weighted by atomic mass is 35.5. The second kappa shape index (κ2) is 10.7. The molecular weight excluding hydrogens is 525 g/mol. The van der Waals surface area contributed by atoms with Crippen molar-refractivity contribution in [2.24, 2.45) is 0 Å². The molecular formula is C25H17Cl2N3O7. The highest BCUT2D eigenvalue weighted by Crippen LogP contribution is 2.38. The van der Waals surface area contributed by atoms with Gasteiger partial charge in [-0.3, -0.25) is 25.0 Å². The molecule has 1 saturated heterocycles. The van der Waals surface area contributed by atoms with Crippen LogP contribution in [-0.4, -0.2) is 29.9 Å². The molecule has 3 aromatic rings. The number of nitrogens with one attached hydrogen (secondary N) is 1. The highest BCUT2D eigenvalue weighted by Gasteiger charge is 2.37. The minimum atomic E-state index is -0.985. The highest BCUT2D eigenvalue weighted by molar-refractivity contribution is 6.39. The van der Waals surface area contributed by atoms with Crippen molar-refractivity contribution in [3.8, 4) is 11.5 Å². The Hall–Kier alpha value is -4.41. The van der Waals surface area contributed by atoms with Gasteiger partial charge in [0.15, 0.2) is 11.5 Å². The molecule has 3 aromatic carbocycles. The zero-order valence-corrected chi connectivity index (χ0v) is 20.6. The van der Waals surface area contributed by atoms with Crippen LogP contribution in [-0.2, 0) is 16.2 Å². The molecule has 37 heavy (non-hydrogen) atoms. The van der Waals surface area contributed by atoms with Crippen LogP contribution in [0, 0.1) is 10.1 Å². The Morgan fingerprint density at radius 2 is 1.78 bits per heavy atom. The number of amides is 4. The molecule has 0 radical (unpaired) electrons. The molecule has 0 unspecified atom stereocenters. The lowest BCUT2D eigenvalue weighted by Gasteiger charge is -2.26. The maximum absolute atomic E-state index is 13.1. The second-order valence-electron chi connectivity index (χ2n) is 7.68. The number of methoxy groups -OCH3 is 1. The number of ether oxygens (including phenoxy) is 2. The van der Waals surface area contributed by atoms with E-state index in [2.05, 4.69) is 5.32 Å². The van der Waals surface area contributed by atoms with Crippen molar-refractivity contribution >= 4 is 58.5 Å². The van der Waals surface area contributed by atoms with Crippen molar-refractivity contribution < 1.29 is 28.8 Å². The fraction of sp³-hybridized carbons (Fsp3) is 0.0800. The number of nitro groups is 1. The van der Waals surface area contributed by atoms with Crippen LogP contribution in [0.3, 0.4) is 0 Å². The minimum Gasteiger partial charge on any atom is -0.493 e. The molecule has 0 saturated carbocycles. The molecule has 0 bridgehead atoms. The number of non-ortho nitro benzene ring substituents is 1. The smallest absolute Gasteiger partial charge is 0.335 e. The van der Waals surface area contributed by atoms with Gasteiger partial charge in [-0.25, -0.2) is 9.69 Å². The van der Waals surface area contributed by atoms with E-state index >= 15 is 0 Å². The molecule has 1 N–H and O–H groups in total. The van der Waals surface area contributed by atoms with Crippen LogP contribution in [0.25, 0.3) is 6.08 Å². The number of imide groups is 2. The topological polar surface area (TPSA) is 128 Å². The maximum atomic E-state index is 13.1. The molecule has 1 heterocycles. The van der Waals surface area contributed by atoms with Gasteiger partial charge in [-0.15, -0.1) is 0 Å². The van der Waals surface area contributed by atoms with Crippen LogP contribution in [0.15, 0.2) is 66.2 Å². The van der Waals surface area contributed by atoms with Crippen molar-refractivity contribution in [3.05, 3.63) is 97.5 Å². The van der Waals surface area contributed by atoms with Crippen molar-refractivity contribution in [2.45, 2.75) is 6.61 Å². The summed E-state index contributed by atoms with van der Waals surface area (Å²) in [6, 6.07) is 13.8. The van der Waals surface area contributed by atoms with Crippen LogP contribution in [0.1, 0.15) is 11.1 Å². The first-order valence-electron chi connectivity index (χ1n) is 10.6. The van der Waals surface area contributed by atoms with Gasteiger partial charge in [-0.2, -0.15) is 0 Å². The summed E-state index contributed by atoms with van der Waals surface area (Å²) in [4.78, 5) is 49.0. The lowest BCUT2D eigenvalue weighted by molar-refractivity contribution is -0.384. The Bertz CT molecular complexity index is 1460. The molecule has 1 aliphatic heterocycles. The van der Waals surface area contributed by atoms with Gasteiger partial charge in [0.05, 0.1) is 22.7 Å². The quantitative estimate of drug-likeness (QED) is 0.189. The van der Waals surface area contributed by atoms with E-state index < -0.39 is 22.8 Å². The number of carbonyl (C=O) groups is 3. The number of nitro benzene ring substituents is 1. The third kappa shape index (κ3) is 5.55. The molecule has 10 nitrogen and oxygen atoms in total. The van der Waals surface area contributed by atoms with E-state index in [1.807, 2.05) is 6.07 Å². The Balaban J connectivity index is 1.63. The molecule has 188 valence electrons. The predicted molar refractivity (Wildman–Crippen MR) is 136 cm³/mol. The van der Waals surface area contributed by atoms with Crippen LogP contribution < -0.4 is 19.7 Å². The molecule has 1 aliphatic rings. The number of hydrogen-bond donors (Lipinski definition) is 1. The minimum absolute atomic E-state index is 0.0480. The van der Waals surface area contributed by atoms with E-state index in [0.29, 0.717) is 15.5 Å². The van der Waals surface area contributed by atoms with E-state index in [0.717, 1.165) is 17.7 Å². The molecule has 4 rings (SSSR count). The third-order valence-electron chi connectivity index (χ3n) is 5.26. The van der Waals surface area contributed by atoms with Gasteiger partial charge in [0.1, 0.15) is 12.2 Å². The number of barbiturate groups is 1. The van der Waals surface area contributed by atoms with E-state index in [1.54, 1.807) is 18.2 Å². The Morgan fingerprint density at radius 1 is 1.05 bits per heavy atom. The van der Waals surface area contributed by atoms with Gasteiger partial charge in [-0.1, -0.05) is 35.3 Å². The standard InChI is InChI=1S/C25H17Cl2N3O7/c1-36-21-12-15(11-20(27)22(21)37-13-14-3-2-4-16(26)9-14)10-19-23(31)28-25(33)29(24(19)32)17-5-7-18(8-6-17)30(34)35/h2-12H,13H2,1H3,(H,28,31,33)/b19-10+. The largest absolute Gasteiger partial charge is 0.493 e. The first kappa shape index (κ1) is 25.7. The zero-order chi connectivity index (χ0) is 26.7. The number of urea groups is 1. The molecule has 1 fully saturated rings. The SMILES string of the molecule is COc1cc(/C=C2\C(=O)NC(=O)N(c3ccc([N+](=O)[O-])cc3)C2=O)cc(Cl)c1OCc1cccc(Cl)c1. The van der Waals surface area contributed by atoms with Crippen molar-refractivity contribution in [1.82, 2.24) is 5.32 Å². The lowest BCUT2D eigenvalue weighted by atomic mass is 10.1. The second-order valence-corrected chi connectivity index (χ2v) is 8.53. The predicted octanol–water partition coefficient (Wildman–Crippen LogP) is 5.16. The van der Waals surface area contributed by atoms with Crippen molar-refractivity contribution in [3.63, 3.8) is 0 Å². The number of anilines is 1. The first-order valence-corrected chi connectivity index (χ1v) is 11.3. The summed E-state index contributed by atoms with van der Waals surface area (Å²) in [5.41, 5.74) is 0.598. The summed E-state index contributed by atoms with van der Waals surface area (Å²) in [7, 11) is 1.41. The monoisotopic (exact) mass is 541 g/mol. The average molecular weight is 542 g/mol. The first-order chi connectivity index (χ1) is 17.7. The van der Waals surface area contributed by atoms with Crippen LogP contribution in [0.4, 0.5) is 16.2 Å². The normalized spacial score (nSPS) is 14.5. The summed E-state index contributed by atoms with van der Waals surface area (Å²) in [5.74, 6) is -1.34. The lowest BCUT2D eigenvalue weighted by Crippen LogP contribution is -2.54. The number of halogens is 2. The average Bonchev–Trinajstić information content (AvgIpc) is 2.86. The zero-order valence-electron chi connectivity index (χ0n) is 19.1. The molecule has 4 amide bonds. The van der Waals surface area contributed by atoms with Gasteiger partial charge in [0.25, 0.3) is 17.5 Å². The van der Waals surface area contributed by atoms with Crippen LogP contribution in [0.5, 0.6) is 11.5 Å². The van der Waals surface area contributed by atoms with E-state index in [-0.39, 0.29) is 40.1 Å². The molecule has 12 heteroatoms. The van der Waals surface area contributed by atoms with Gasteiger partial charge in [-0.05, 0) is 53.6 Å². The fourth-order valence-electron chi connectivity index (χ4n) is 3.53. The summed E-state index contributed by atoms with van der Waals surface area (Å²) in [5, 5.41) is 13.7. The number of rotatable bonds is 7. The van der Waals surface area contributed by atoms with Gasteiger partial charge < -0.3 is 9.47 Å². The van der Waals surface area contributed by atoms with E-state index in [4.69, 9.17) is 32.7 Å².